The van der Waals surface area contributed by atoms with Crippen molar-refractivity contribution >= 4 is 33.2 Å². The lowest BCUT2D eigenvalue weighted by Gasteiger charge is -2.29. The minimum atomic E-state index is -3.44. The number of rotatable bonds is 5. The number of alkyl halides is 1. The predicted molar refractivity (Wildman–Crippen MR) is 78.2 cm³/mol. The van der Waals surface area contributed by atoms with Gasteiger partial charge in [0.15, 0.2) is 0 Å². The number of halogens is 2. The highest BCUT2D eigenvalue weighted by Crippen LogP contribution is 2.29. The Kier molecular flexibility index (Phi) is 4.77. The first-order valence-corrected chi connectivity index (χ1v) is 8.61. The van der Waals surface area contributed by atoms with Gasteiger partial charge in [-0.05, 0) is 42.5 Å². The van der Waals surface area contributed by atoms with Crippen molar-refractivity contribution in [2.75, 3.05) is 13.6 Å². The molecule has 0 aliphatic heterocycles. The lowest BCUT2D eigenvalue weighted by molar-refractivity contribution is 0.263. The van der Waals surface area contributed by atoms with Crippen LogP contribution in [-0.4, -0.2) is 26.3 Å². The van der Waals surface area contributed by atoms with E-state index in [0.717, 1.165) is 12.8 Å². The van der Waals surface area contributed by atoms with E-state index in [1.54, 1.807) is 19.2 Å². The molecule has 0 atom stereocenters. The minimum Gasteiger partial charge on any atom is -0.207 e. The summed E-state index contributed by atoms with van der Waals surface area (Å²) in [6, 6.07) is 4.68. The third-order valence-corrected chi connectivity index (χ3v) is 6.09. The summed E-state index contributed by atoms with van der Waals surface area (Å²) in [6.45, 7) is 0.584. The highest BCUT2D eigenvalue weighted by molar-refractivity contribution is 7.89. The van der Waals surface area contributed by atoms with Crippen molar-refractivity contribution in [1.29, 1.82) is 0 Å². The van der Waals surface area contributed by atoms with Gasteiger partial charge in [0, 0.05) is 24.5 Å². The first kappa shape index (κ1) is 15.1. The molecular weight excluding hydrogens is 305 g/mol. The Morgan fingerprint density at radius 1 is 1.37 bits per heavy atom. The molecule has 0 unspecified atom stereocenters. The van der Waals surface area contributed by atoms with Gasteiger partial charge in [0.25, 0.3) is 0 Å². The van der Waals surface area contributed by atoms with Crippen molar-refractivity contribution in [2.45, 2.75) is 30.0 Å². The second kappa shape index (κ2) is 6.00. The van der Waals surface area contributed by atoms with Crippen LogP contribution in [0.4, 0.5) is 0 Å². The Morgan fingerprint density at radius 2 is 2.05 bits per heavy atom. The minimum absolute atomic E-state index is 0.203. The zero-order valence-electron chi connectivity index (χ0n) is 10.8. The van der Waals surface area contributed by atoms with Gasteiger partial charge in [-0.15, -0.1) is 11.6 Å². The van der Waals surface area contributed by atoms with Gasteiger partial charge in [0.05, 0.1) is 4.90 Å². The molecule has 3 nitrogen and oxygen atoms in total. The van der Waals surface area contributed by atoms with Crippen LogP contribution in [-0.2, 0) is 15.9 Å². The summed E-state index contributed by atoms with van der Waals surface area (Å²) in [5.41, 5.74) is 0.640. The van der Waals surface area contributed by atoms with E-state index in [2.05, 4.69) is 0 Å². The molecule has 1 aliphatic rings. The summed E-state index contributed by atoms with van der Waals surface area (Å²) in [4.78, 5) is 0.259. The van der Waals surface area contributed by atoms with Gasteiger partial charge in [0.1, 0.15) is 0 Å². The van der Waals surface area contributed by atoms with Gasteiger partial charge >= 0.3 is 0 Å². The van der Waals surface area contributed by atoms with Gasteiger partial charge in [0.2, 0.25) is 10.0 Å². The first-order valence-electron chi connectivity index (χ1n) is 6.26. The molecule has 1 fully saturated rings. The van der Waals surface area contributed by atoms with Crippen LogP contribution in [0.5, 0.6) is 0 Å². The van der Waals surface area contributed by atoms with Crippen molar-refractivity contribution in [1.82, 2.24) is 4.31 Å². The third kappa shape index (κ3) is 3.24. The Morgan fingerprint density at radius 3 is 2.58 bits per heavy atom. The van der Waals surface area contributed by atoms with Crippen molar-refractivity contribution in [3.8, 4) is 0 Å². The maximum Gasteiger partial charge on any atom is 0.242 e. The fourth-order valence-electron chi connectivity index (χ4n) is 2.13. The lowest BCUT2D eigenvalue weighted by Crippen LogP contribution is -2.34. The first-order chi connectivity index (χ1) is 8.95. The van der Waals surface area contributed by atoms with E-state index in [-0.39, 0.29) is 10.8 Å². The van der Waals surface area contributed by atoms with E-state index >= 15 is 0 Å². The molecule has 1 aliphatic carbocycles. The van der Waals surface area contributed by atoms with E-state index in [4.69, 9.17) is 23.2 Å². The van der Waals surface area contributed by atoms with E-state index in [1.807, 2.05) is 0 Å². The van der Waals surface area contributed by atoms with Gasteiger partial charge in [-0.25, -0.2) is 12.7 Å². The van der Waals surface area contributed by atoms with Gasteiger partial charge in [-0.1, -0.05) is 18.0 Å². The standard InChI is InChI=1S/C13H17Cl2NO2S/c1-16(9-10-3-2-4-10)19(17,18)12-5-6-13(15)11(7-12)8-14/h5-7,10H,2-4,8-9H2,1H3. The predicted octanol–water partition coefficient (Wildman–Crippen LogP) is 3.50. The summed E-state index contributed by atoms with van der Waals surface area (Å²) in [5.74, 6) is 0.703. The summed E-state index contributed by atoms with van der Waals surface area (Å²) < 4.78 is 26.3. The lowest BCUT2D eigenvalue weighted by atomic mass is 9.86. The monoisotopic (exact) mass is 321 g/mol. The van der Waals surface area contributed by atoms with Crippen LogP contribution >= 0.6 is 23.2 Å². The smallest absolute Gasteiger partial charge is 0.207 e. The Balaban J connectivity index is 2.22. The van der Waals surface area contributed by atoms with E-state index in [0.29, 0.717) is 23.0 Å². The Labute approximate surface area is 124 Å². The zero-order valence-corrected chi connectivity index (χ0v) is 13.1. The van der Waals surface area contributed by atoms with Crippen LogP contribution in [0.15, 0.2) is 23.1 Å². The van der Waals surface area contributed by atoms with Crippen molar-refractivity contribution in [3.05, 3.63) is 28.8 Å². The molecular formula is C13H17Cl2NO2S. The number of hydrogen-bond donors (Lipinski definition) is 0. The molecule has 2 rings (SSSR count). The van der Waals surface area contributed by atoms with Crippen LogP contribution in [0.25, 0.3) is 0 Å². The number of hydrogen-bond acceptors (Lipinski definition) is 2. The molecule has 0 aromatic heterocycles. The molecule has 19 heavy (non-hydrogen) atoms. The van der Waals surface area contributed by atoms with Crippen LogP contribution in [0.2, 0.25) is 5.02 Å². The maximum absolute atomic E-state index is 12.4. The molecule has 0 heterocycles. The average Bonchev–Trinajstić information content (AvgIpc) is 2.33. The van der Waals surface area contributed by atoms with Crippen LogP contribution < -0.4 is 0 Å². The molecule has 0 amide bonds. The average molecular weight is 322 g/mol. The number of nitrogens with zero attached hydrogens (tertiary/aromatic N) is 1. The second-order valence-electron chi connectivity index (χ2n) is 4.97. The molecule has 1 aromatic carbocycles. The zero-order chi connectivity index (χ0) is 14.0. The highest BCUT2D eigenvalue weighted by Gasteiger charge is 2.27. The molecule has 0 bridgehead atoms. The fourth-order valence-corrected chi connectivity index (χ4v) is 3.90. The molecule has 6 heteroatoms. The topological polar surface area (TPSA) is 37.4 Å². The summed E-state index contributed by atoms with van der Waals surface area (Å²) >= 11 is 11.7. The van der Waals surface area contributed by atoms with Crippen molar-refractivity contribution in [2.24, 2.45) is 5.92 Å². The molecule has 0 radical (unpaired) electrons. The maximum atomic E-state index is 12.4. The van der Waals surface area contributed by atoms with E-state index in [9.17, 15) is 8.42 Å². The molecule has 0 saturated heterocycles. The van der Waals surface area contributed by atoms with Crippen molar-refractivity contribution < 1.29 is 8.42 Å². The quantitative estimate of drug-likeness (QED) is 0.778. The van der Waals surface area contributed by atoms with Gasteiger partial charge in [-0.3, -0.25) is 0 Å². The molecule has 0 N–H and O–H groups in total. The summed E-state index contributed by atoms with van der Waals surface area (Å²) in [7, 11) is -1.82. The second-order valence-corrected chi connectivity index (χ2v) is 7.69. The van der Waals surface area contributed by atoms with Crippen LogP contribution in [0.3, 0.4) is 0 Å². The molecule has 1 aromatic rings. The number of benzene rings is 1. The largest absolute Gasteiger partial charge is 0.242 e. The third-order valence-electron chi connectivity index (χ3n) is 3.61. The Hall–Kier alpha value is -0.290. The normalized spacial score (nSPS) is 16.6. The highest BCUT2D eigenvalue weighted by atomic mass is 35.5. The number of sulfonamides is 1. The fraction of sp³-hybridized carbons (Fsp3) is 0.538. The van der Waals surface area contributed by atoms with Gasteiger partial charge in [-0.2, -0.15) is 0 Å². The van der Waals surface area contributed by atoms with Crippen LogP contribution in [0.1, 0.15) is 24.8 Å². The van der Waals surface area contributed by atoms with Crippen molar-refractivity contribution in [3.63, 3.8) is 0 Å². The van der Waals surface area contributed by atoms with E-state index in [1.165, 1.54) is 16.8 Å². The van der Waals surface area contributed by atoms with Gasteiger partial charge < -0.3 is 0 Å². The Bertz CT molecular complexity index is 556. The molecule has 106 valence electrons. The molecule has 0 spiro atoms. The van der Waals surface area contributed by atoms with Crippen LogP contribution in [0, 0.1) is 5.92 Å². The molecule has 1 saturated carbocycles. The summed E-state index contributed by atoms with van der Waals surface area (Å²) in [6.07, 6.45) is 3.44. The summed E-state index contributed by atoms with van der Waals surface area (Å²) in [5, 5.41) is 0.496. The SMILES string of the molecule is CN(CC1CCC1)S(=O)(=O)c1ccc(Cl)c(CCl)c1. The van der Waals surface area contributed by atoms with E-state index < -0.39 is 10.0 Å².